The average molecular weight is 456 g/mol. The van der Waals surface area contributed by atoms with Crippen molar-refractivity contribution in [1.29, 1.82) is 0 Å². The summed E-state index contributed by atoms with van der Waals surface area (Å²) in [6.45, 7) is 2.45. The Hall–Kier alpha value is -3.06. The maximum Gasteiger partial charge on any atom is 0.256 e. The zero-order valence-electron chi connectivity index (χ0n) is 16.5. The number of hydrogen-bond acceptors (Lipinski definition) is 4. The summed E-state index contributed by atoms with van der Waals surface area (Å²) in [7, 11) is 3.12. The molecule has 7 heteroatoms. The highest BCUT2D eigenvalue weighted by atomic mass is 79.9. The molecular formula is C22H22BrN3O3. The van der Waals surface area contributed by atoms with Gasteiger partial charge >= 0.3 is 0 Å². The summed E-state index contributed by atoms with van der Waals surface area (Å²) >= 11 is 3.43. The van der Waals surface area contributed by atoms with E-state index in [-0.39, 0.29) is 5.91 Å². The fourth-order valence-corrected chi connectivity index (χ4v) is 3.21. The van der Waals surface area contributed by atoms with Gasteiger partial charge in [-0.15, -0.1) is 0 Å². The van der Waals surface area contributed by atoms with E-state index in [4.69, 9.17) is 9.47 Å². The molecule has 150 valence electrons. The Morgan fingerprint density at radius 2 is 1.93 bits per heavy atom. The summed E-state index contributed by atoms with van der Waals surface area (Å²) in [5.74, 6) is 1.44. The van der Waals surface area contributed by atoms with Crippen molar-refractivity contribution in [2.75, 3.05) is 19.5 Å². The normalized spacial score (nSPS) is 10.9. The third-order valence-electron chi connectivity index (χ3n) is 4.32. The topological polar surface area (TPSA) is 65.4 Å². The first kappa shape index (κ1) is 20.7. The molecule has 0 fully saturated rings. The number of carbonyl (C=O) groups excluding carboxylic acids is 1. The fraction of sp³-hybridized carbons (Fsp3) is 0.182. The van der Waals surface area contributed by atoms with Gasteiger partial charge in [-0.05, 0) is 36.8 Å². The molecule has 0 spiro atoms. The van der Waals surface area contributed by atoms with Crippen LogP contribution < -0.4 is 14.8 Å². The number of anilines is 1. The monoisotopic (exact) mass is 455 g/mol. The van der Waals surface area contributed by atoms with Crippen LogP contribution in [-0.4, -0.2) is 29.9 Å². The molecule has 0 unspecified atom stereocenters. The Labute approximate surface area is 178 Å². The largest absolute Gasteiger partial charge is 0.493 e. The summed E-state index contributed by atoms with van der Waals surface area (Å²) in [6.07, 6.45) is 5.41. The SMILES string of the molecule is C/C=C/c1cc(C(=O)Nc2ccnn2Cc2ccc(Br)cc2)cc(OC)c1OC. The van der Waals surface area contributed by atoms with Gasteiger partial charge < -0.3 is 14.8 Å². The van der Waals surface area contributed by atoms with Gasteiger partial charge in [-0.25, -0.2) is 4.68 Å². The second kappa shape index (κ2) is 9.43. The number of ether oxygens (including phenoxy) is 2. The third kappa shape index (κ3) is 4.86. The predicted octanol–water partition coefficient (Wildman–Crippen LogP) is 5.00. The molecule has 6 nitrogen and oxygen atoms in total. The molecule has 0 radical (unpaired) electrons. The lowest BCUT2D eigenvalue weighted by molar-refractivity contribution is 0.102. The van der Waals surface area contributed by atoms with Gasteiger partial charge in [0, 0.05) is 21.7 Å². The van der Waals surface area contributed by atoms with Crippen LogP contribution in [0.2, 0.25) is 0 Å². The second-order valence-corrected chi connectivity index (χ2v) is 7.17. The van der Waals surface area contributed by atoms with Gasteiger partial charge in [-0.2, -0.15) is 5.10 Å². The van der Waals surface area contributed by atoms with Gasteiger partial charge in [0.15, 0.2) is 11.5 Å². The first-order chi connectivity index (χ1) is 14.0. The third-order valence-corrected chi connectivity index (χ3v) is 4.85. The van der Waals surface area contributed by atoms with E-state index in [1.165, 1.54) is 0 Å². The summed E-state index contributed by atoms with van der Waals surface area (Å²) in [5, 5.41) is 7.25. The van der Waals surface area contributed by atoms with E-state index in [1.807, 2.05) is 43.3 Å². The number of aromatic nitrogens is 2. The van der Waals surface area contributed by atoms with Crippen molar-refractivity contribution in [2.45, 2.75) is 13.5 Å². The van der Waals surface area contributed by atoms with Crippen LogP contribution in [0.5, 0.6) is 11.5 Å². The maximum atomic E-state index is 12.9. The maximum absolute atomic E-state index is 12.9. The van der Waals surface area contributed by atoms with Crippen LogP contribution in [0.1, 0.15) is 28.4 Å². The lowest BCUT2D eigenvalue weighted by atomic mass is 10.1. The Kier molecular flexibility index (Phi) is 6.72. The molecule has 0 bridgehead atoms. The molecular weight excluding hydrogens is 434 g/mol. The van der Waals surface area contributed by atoms with Crippen molar-refractivity contribution >= 4 is 33.7 Å². The number of carbonyl (C=O) groups is 1. The van der Waals surface area contributed by atoms with Crippen LogP contribution in [0.15, 0.2) is 59.2 Å². The van der Waals surface area contributed by atoms with Gasteiger partial charge in [-0.1, -0.05) is 40.2 Å². The van der Waals surface area contributed by atoms with Gasteiger partial charge in [-0.3, -0.25) is 4.79 Å². The molecule has 3 aromatic rings. The fourth-order valence-electron chi connectivity index (χ4n) is 2.94. The number of benzene rings is 2. The van der Waals surface area contributed by atoms with Crippen LogP contribution in [0, 0.1) is 0 Å². The van der Waals surface area contributed by atoms with E-state index in [2.05, 4.69) is 26.3 Å². The Bertz CT molecular complexity index is 1030. The number of methoxy groups -OCH3 is 2. The Balaban J connectivity index is 1.85. The van der Waals surface area contributed by atoms with Crippen molar-refractivity contribution in [2.24, 2.45) is 0 Å². The van der Waals surface area contributed by atoms with E-state index in [0.717, 1.165) is 15.6 Å². The highest BCUT2D eigenvalue weighted by Gasteiger charge is 2.16. The van der Waals surface area contributed by atoms with Crippen LogP contribution >= 0.6 is 15.9 Å². The van der Waals surface area contributed by atoms with E-state index >= 15 is 0 Å². The molecule has 3 rings (SSSR count). The molecule has 0 aliphatic rings. The summed E-state index contributed by atoms with van der Waals surface area (Å²) in [5.41, 5.74) is 2.31. The van der Waals surface area contributed by atoms with E-state index < -0.39 is 0 Å². The standard InChI is InChI=1S/C22H22BrN3O3/c1-4-5-16-12-17(13-19(28-2)21(16)29-3)22(27)25-20-10-11-24-26(20)14-15-6-8-18(23)9-7-15/h4-13H,14H2,1-3H3,(H,25,27)/b5-4+. The zero-order chi connectivity index (χ0) is 20.8. The number of halogens is 1. The smallest absolute Gasteiger partial charge is 0.256 e. The van der Waals surface area contributed by atoms with Crippen LogP contribution in [0.3, 0.4) is 0 Å². The first-order valence-electron chi connectivity index (χ1n) is 9.02. The minimum absolute atomic E-state index is 0.255. The van der Waals surface area contributed by atoms with Crippen molar-refractivity contribution in [3.63, 3.8) is 0 Å². The molecule has 0 aliphatic carbocycles. The number of amides is 1. The first-order valence-corrected chi connectivity index (χ1v) is 9.81. The molecule has 1 N–H and O–H groups in total. The van der Waals surface area contributed by atoms with Gasteiger partial charge in [0.05, 0.1) is 27.0 Å². The lowest BCUT2D eigenvalue weighted by Gasteiger charge is -2.14. The summed E-state index contributed by atoms with van der Waals surface area (Å²) in [4.78, 5) is 12.9. The highest BCUT2D eigenvalue weighted by Crippen LogP contribution is 2.33. The molecule has 0 atom stereocenters. The number of nitrogens with one attached hydrogen (secondary N) is 1. The average Bonchev–Trinajstić information content (AvgIpc) is 3.15. The van der Waals surface area contributed by atoms with Crippen molar-refractivity contribution < 1.29 is 14.3 Å². The van der Waals surface area contributed by atoms with E-state index in [1.54, 1.807) is 43.3 Å². The molecule has 29 heavy (non-hydrogen) atoms. The Morgan fingerprint density at radius 1 is 1.17 bits per heavy atom. The van der Waals surface area contributed by atoms with E-state index in [9.17, 15) is 4.79 Å². The Morgan fingerprint density at radius 3 is 2.59 bits per heavy atom. The number of rotatable bonds is 7. The zero-order valence-corrected chi connectivity index (χ0v) is 18.1. The molecule has 0 saturated carbocycles. The van der Waals surface area contributed by atoms with Gasteiger partial charge in [0.25, 0.3) is 5.91 Å². The molecule has 0 aliphatic heterocycles. The van der Waals surface area contributed by atoms with Crippen LogP contribution in [-0.2, 0) is 6.54 Å². The summed E-state index contributed by atoms with van der Waals surface area (Å²) < 4.78 is 13.6. The van der Waals surface area contributed by atoms with Crippen LogP contribution in [0.25, 0.3) is 6.08 Å². The highest BCUT2D eigenvalue weighted by molar-refractivity contribution is 9.10. The molecule has 2 aromatic carbocycles. The summed E-state index contributed by atoms with van der Waals surface area (Å²) in [6, 6.07) is 13.2. The minimum atomic E-state index is -0.255. The quantitative estimate of drug-likeness (QED) is 0.544. The van der Waals surface area contributed by atoms with Crippen molar-refractivity contribution in [3.8, 4) is 11.5 Å². The number of nitrogens with zero attached hydrogens (tertiary/aromatic N) is 2. The minimum Gasteiger partial charge on any atom is -0.493 e. The second-order valence-electron chi connectivity index (χ2n) is 6.26. The van der Waals surface area contributed by atoms with Crippen molar-refractivity contribution in [1.82, 2.24) is 9.78 Å². The van der Waals surface area contributed by atoms with Gasteiger partial charge in [0.1, 0.15) is 5.82 Å². The number of allylic oxidation sites excluding steroid dienone is 1. The molecule has 0 saturated heterocycles. The van der Waals surface area contributed by atoms with Gasteiger partial charge in [0.2, 0.25) is 0 Å². The predicted molar refractivity (Wildman–Crippen MR) is 118 cm³/mol. The van der Waals surface area contributed by atoms with E-state index in [0.29, 0.717) is 29.4 Å². The molecule has 1 aromatic heterocycles. The van der Waals surface area contributed by atoms with Crippen molar-refractivity contribution in [3.05, 3.63) is 75.9 Å². The lowest BCUT2D eigenvalue weighted by Crippen LogP contribution is -2.16. The number of hydrogen-bond donors (Lipinski definition) is 1. The van der Waals surface area contributed by atoms with Crippen LogP contribution in [0.4, 0.5) is 5.82 Å². The molecule has 1 heterocycles. The molecule has 1 amide bonds.